The molecule has 3 amide bonds. The summed E-state index contributed by atoms with van der Waals surface area (Å²) in [6.07, 6.45) is -0.883. The van der Waals surface area contributed by atoms with Crippen molar-refractivity contribution in [3.8, 4) is 5.75 Å². The molecule has 0 aliphatic heterocycles. The summed E-state index contributed by atoms with van der Waals surface area (Å²) < 4.78 is 0. The molecule has 0 saturated heterocycles. The van der Waals surface area contributed by atoms with Gasteiger partial charge in [0, 0.05) is 6.54 Å². The van der Waals surface area contributed by atoms with Crippen LogP contribution >= 0.6 is 0 Å². The zero-order valence-electron chi connectivity index (χ0n) is 20.2. The molecule has 0 saturated carbocycles. The first kappa shape index (κ1) is 30.1. The summed E-state index contributed by atoms with van der Waals surface area (Å²) in [6, 6.07) is 1.17. The van der Waals surface area contributed by atoms with Gasteiger partial charge in [0.15, 0.2) is 5.96 Å². The first-order chi connectivity index (χ1) is 16.8. The molecule has 1 aromatic rings. The van der Waals surface area contributed by atoms with Gasteiger partial charge in [-0.05, 0) is 50.8 Å². The number of guanidine groups is 1. The summed E-state index contributed by atoms with van der Waals surface area (Å²) in [5, 5.41) is 35.7. The minimum absolute atomic E-state index is 0.0454. The highest BCUT2D eigenvalue weighted by atomic mass is 16.4. The minimum Gasteiger partial charge on any atom is -0.508 e. The van der Waals surface area contributed by atoms with Crippen molar-refractivity contribution < 1.29 is 34.5 Å². The number of amides is 3. The van der Waals surface area contributed by atoms with Crippen LogP contribution in [0.2, 0.25) is 0 Å². The Morgan fingerprint density at radius 1 is 0.972 bits per heavy atom. The van der Waals surface area contributed by atoms with Gasteiger partial charge in [-0.2, -0.15) is 0 Å². The van der Waals surface area contributed by atoms with Gasteiger partial charge in [0.25, 0.3) is 0 Å². The van der Waals surface area contributed by atoms with Crippen molar-refractivity contribution in [1.82, 2.24) is 16.0 Å². The molecule has 1 aromatic carbocycles. The molecule has 0 aliphatic rings. The molecule has 0 fully saturated rings. The van der Waals surface area contributed by atoms with Gasteiger partial charge < -0.3 is 48.5 Å². The number of aliphatic hydroxyl groups excluding tert-OH is 1. The molecule has 0 heterocycles. The molecule has 0 bridgehead atoms. The van der Waals surface area contributed by atoms with Crippen LogP contribution < -0.4 is 33.2 Å². The van der Waals surface area contributed by atoms with Crippen molar-refractivity contribution in [1.29, 1.82) is 0 Å². The first-order valence-electron chi connectivity index (χ1n) is 11.2. The van der Waals surface area contributed by atoms with Crippen LogP contribution in [0.5, 0.6) is 5.75 Å². The quantitative estimate of drug-likeness (QED) is 0.0709. The van der Waals surface area contributed by atoms with E-state index in [2.05, 4.69) is 20.9 Å². The second-order valence-electron chi connectivity index (χ2n) is 8.28. The lowest BCUT2D eigenvalue weighted by Crippen LogP contribution is -2.59. The smallest absolute Gasteiger partial charge is 0.326 e. The molecule has 200 valence electrons. The molecular formula is C22H35N7O7. The van der Waals surface area contributed by atoms with E-state index >= 15 is 0 Å². The number of phenolic OH excluding ortho intramolecular Hbond substituents is 1. The van der Waals surface area contributed by atoms with Crippen molar-refractivity contribution >= 4 is 29.7 Å². The standard InChI is InChI=1S/C22H35N7O7/c1-11(18(32)28-16(21(35)36)4-3-9-26-22(24)25)27-20(34)17(12(2)30)29-19(33)15(23)10-13-5-7-14(31)8-6-13/h5-8,11-12,15-17,30-31H,3-4,9-10,23H2,1-2H3,(H,27,34)(H,28,32)(H,29,33)(H,35,36)(H4,24,25,26). The van der Waals surface area contributed by atoms with Crippen LogP contribution in [0.4, 0.5) is 0 Å². The SMILES string of the molecule is CC(NC(=O)C(NC(=O)C(N)Cc1ccc(O)cc1)C(C)O)C(=O)NC(CCCN=C(N)N)C(=O)O. The second kappa shape index (κ2) is 14.5. The number of nitrogens with two attached hydrogens (primary N) is 3. The lowest BCUT2D eigenvalue weighted by molar-refractivity contribution is -0.142. The fraction of sp³-hybridized carbons (Fsp3) is 0.500. The Kier molecular flexibility index (Phi) is 12.1. The molecule has 14 nitrogen and oxygen atoms in total. The van der Waals surface area contributed by atoms with E-state index in [-0.39, 0.29) is 37.5 Å². The summed E-state index contributed by atoms with van der Waals surface area (Å²) in [7, 11) is 0. The van der Waals surface area contributed by atoms with E-state index in [1.165, 1.54) is 26.0 Å². The monoisotopic (exact) mass is 509 g/mol. The molecule has 1 rings (SSSR count). The van der Waals surface area contributed by atoms with Gasteiger partial charge in [-0.25, -0.2) is 4.79 Å². The van der Waals surface area contributed by atoms with Gasteiger partial charge in [-0.3, -0.25) is 19.4 Å². The number of hydrogen-bond donors (Lipinski definition) is 9. The third-order valence-electron chi connectivity index (χ3n) is 5.10. The van der Waals surface area contributed by atoms with Gasteiger partial charge in [0.1, 0.15) is 23.9 Å². The molecule has 5 unspecified atom stereocenters. The van der Waals surface area contributed by atoms with Crippen LogP contribution in [-0.2, 0) is 25.6 Å². The van der Waals surface area contributed by atoms with Crippen LogP contribution in [0, 0.1) is 0 Å². The van der Waals surface area contributed by atoms with Crippen molar-refractivity contribution in [2.45, 2.75) is 63.4 Å². The third-order valence-corrected chi connectivity index (χ3v) is 5.10. The number of aliphatic carboxylic acids is 1. The number of aromatic hydroxyl groups is 1. The van der Waals surface area contributed by atoms with E-state index in [9.17, 15) is 34.5 Å². The number of benzene rings is 1. The summed E-state index contributed by atoms with van der Waals surface area (Å²) in [5.74, 6) is -3.71. The highest BCUT2D eigenvalue weighted by Crippen LogP contribution is 2.11. The number of carbonyl (C=O) groups excluding carboxylic acids is 3. The zero-order valence-corrected chi connectivity index (χ0v) is 20.2. The average Bonchev–Trinajstić information content (AvgIpc) is 2.79. The minimum atomic E-state index is -1.42. The van der Waals surface area contributed by atoms with Crippen molar-refractivity contribution in [3.05, 3.63) is 29.8 Å². The van der Waals surface area contributed by atoms with Crippen LogP contribution in [0.3, 0.4) is 0 Å². The van der Waals surface area contributed by atoms with Crippen molar-refractivity contribution in [3.63, 3.8) is 0 Å². The maximum atomic E-state index is 12.7. The highest BCUT2D eigenvalue weighted by Gasteiger charge is 2.30. The van der Waals surface area contributed by atoms with E-state index in [0.717, 1.165) is 0 Å². The molecule has 36 heavy (non-hydrogen) atoms. The summed E-state index contributed by atoms with van der Waals surface area (Å²) in [5.41, 5.74) is 17.0. The molecule has 0 spiro atoms. The number of carbonyl (C=O) groups is 4. The van der Waals surface area contributed by atoms with E-state index in [1.807, 2.05) is 0 Å². The molecule has 5 atom stereocenters. The van der Waals surface area contributed by atoms with Crippen LogP contribution in [0.25, 0.3) is 0 Å². The topological polar surface area (TPSA) is 255 Å². The number of nitrogens with one attached hydrogen (secondary N) is 3. The van der Waals surface area contributed by atoms with Crippen LogP contribution in [0.15, 0.2) is 29.3 Å². The largest absolute Gasteiger partial charge is 0.508 e. The van der Waals surface area contributed by atoms with Crippen molar-refractivity contribution in [2.75, 3.05) is 6.54 Å². The zero-order chi connectivity index (χ0) is 27.4. The average molecular weight is 510 g/mol. The number of aliphatic imine (C=N–C) groups is 1. The fourth-order valence-corrected chi connectivity index (χ4v) is 3.07. The Hall–Kier alpha value is -3.91. The first-order valence-corrected chi connectivity index (χ1v) is 11.2. The molecule has 0 aromatic heterocycles. The number of phenols is 1. The summed E-state index contributed by atoms with van der Waals surface area (Å²) in [4.78, 5) is 52.8. The van der Waals surface area contributed by atoms with E-state index in [4.69, 9.17) is 17.2 Å². The lowest BCUT2D eigenvalue weighted by atomic mass is 10.0. The molecule has 0 radical (unpaired) electrons. The second-order valence-corrected chi connectivity index (χ2v) is 8.28. The number of carboxylic acids is 1. The van der Waals surface area contributed by atoms with Gasteiger partial charge >= 0.3 is 5.97 Å². The Morgan fingerprint density at radius 3 is 2.11 bits per heavy atom. The van der Waals surface area contributed by atoms with Crippen LogP contribution in [-0.4, -0.2) is 81.8 Å². The van der Waals surface area contributed by atoms with Gasteiger partial charge in [0.05, 0.1) is 12.1 Å². The number of rotatable bonds is 14. The Bertz CT molecular complexity index is 933. The molecule has 12 N–H and O–H groups in total. The predicted molar refractivity (Wildman–Crippen MR) is 130 cm³/mol. The number of carboxylic acid groups (broad SMARTS) is 1. The Balaban J connectivity index is 2.69. The van der Waals surface area contributed by atoms with E-state index in [1.54, 1.807) is 12.1 Å². The fourth-order valence-electron chi connectivity index (χ4n) is 3.07. The predicted octanol–water partition coefficient (Wildman–Crippen LogP) is -2.74. The third kappa shape index (κ3) is 10.6. The maximum absolute atomic E-state index is 12.7. The van der Waals surface area contributed by atoms with Crippen LogP contribution in [0.1, 0.15) is 32.3 Å². The Morgan fingerprint density at radius 2 is 1.58 bits per heavy atom. The lowest BCUT2D eigenvalue weighted by Gasteiger charge is -2.25. The number of nitrogens with zero attached hydrogens (tertiary/aromatic N) is 1. The molecule has 14 heteroatoms. The number of aliphatic hydroxyl groups is 1. The van der Waals surface area contributed by atoms with E-state index < -0.39 is 54.0 Å². The van der Waals surface area contributed by atoms with Crippen molar-refractivity contribution in [2.24, 2.45) is 22.2 Å². The van der Waals surface area contributed by atoms with Gasteiger partial charge in [-0.15, -0.1) is 0 Å². The van der Waals surface area contributed by atoms with Gasteiger partial charge in [-0.1, -0.05) is 12.1 Å². The summed E-state index contributed by atoms with van der Waals surface area (Å²) in [6.45, 7) is 2.78. The molecular weight excluding hydrogens is 474 g/mol. The molecule has 0 aliphatic carbocycles. The van der Waals surface area contributed by atoms with Gasteiger partial charge in [0.2, 0.25) is 17.7 Å². The number of hydrogen-bond acceptors (Lipinski definition) is 8. The highest BCUT2D eigenvalue weighted by molar-refractivity contribution is 5.94. The van der Waals surface area contributed by atoms with E-state index in [0.29, 0.717) is 5.56 Å². The normalized spacial score (nSPS) is 14.9. The summed E-state index contributed by atoms with van der Waals surface area (Å²) >= 11 is 0. The maximum Gasteiger partial charge on any atom is 0.326 e. The Labute approximate surface area is 208 Å².